The maximum atomic E-state index is 11.8. The van der Waals surface area contributed by atoms with Gasteiger partial charge in [-0.25, -0.2) is 0 Å². The minimum Gasteiger partial charge on any atom is -0.493 e. The molecule has 94 valence electrons. The van der Waals surface area contributed by atoms with Gasteiger partial charge < -0.3 is 4.74 Å². The highest BCUT2D eigenvalue weighted by molar-refractivity contribution is 6.00. The summed E-state index contributed by atoms with van der Waals surface area (Å²) in [5.74, 6) is 1.34. The van der Waals surface area contributed by atoms with Crippen molar-refractivity contribution in [1.82, 2.24) is 0 Å². The molecule has 3 rings (SSSR count). The molecule has 1 aromatic rings. The molecule has 1 aliphatic carbocycles. The Morgan fingerprint density at radius 2 is 1.94 bits per heavy atom. The molecule has 0 bridgehead atoms. The number of fused-ring (bicyclic) bond motifs is 1. The summed E-state index contributed by atoms with van der Waals surface area (Å²) in [4.78, 5) is 11.8. The molecule has 0 radical (unpaired) electrons. The number of aryl methyl sites for hydroxylation is 1. The van der Waals surface area contributed by atoms with Crippen LogP contribution in [0.3, 0.4) is 0 Å². The highest BCUT2D eigenvalue weighted by atomic mass is 16.5. The van der Waals surface area contributed by atoms with Gasteiger partial charge in [0, 0.05) is 6.42 Å². The normalized spacial score (nSPS) is 21.6. The van der Waals surface area contributed by atoms with Gasteiger partial charge in [-0.05, 0) is 67.0 Å². The molecule has 1 saturated carbocycles. The smallest absolute Gasteiger partial charge is 0.158 e. The van der Waals surface area contributed by atoms with Gasteiger partial charge in [-0.2, -0.15) is 0 Å². The Balaban J connectivity index is 1.88. The molecule has 1 aromatic carbocycles. The zero-order chi connectivity index (χ0) is 12.4. The zero-order valence-corrected chi connectivity index (χ0v) is 10.6. The zero-order valence-electron chi connectivity index (χ0n) is 10.6. The van der Waals surface area contributed by atoms with E-state index in [9.17, 15) is 4.79 Å². The van der Waals surface area contributed by atoms with Crippen LogP contribution in [-0.2, 0) is 11.2 Å². The lowest BCUT2D eigenvalue weighted by molar-refractivity contribution is -0.116. The van der Waals surface area contributed by atoms with Gasteiger partial charge in [0.05, 0.1) is 6.61 Å². The minimum atomic E-state index is 0.329. The van der Waals surface area contributed by atoms with Crippen molar-refractivity contribution in [1.29, 1.82) is 0 Å². The first-order valence-electron chi connectivity index (χ1n) is 6.82. The fraction of sp³-hybridized carbons (Fsp3) is 0.438. The van der Waals surface area contributed by atoms with Crippen molar-refractivity contribution in [3.05, 3.63) is 34.9 Å². The third-order valence-corrected chi connectivity index (χ3v) is 3.73. The number of carbonyl (C=O) groups excluding carboxylic acids is 1. The number of Topliss-reactive ketones (excluding diaryl/α,β-unsaturated/α-hetero) is 1. The number of benzene rings is 1. The molecule has 1 fully saturated rings. The van der Waals surface area contributed by atoms with Crippen LogP contribution >= 0.6 is 0 Å². The Labute approximate surface area is 108 Å². The second kappa shape index (κ2) is 4.97. The summed E-state index contributed by atoms with van der Waals surface area (Å²) < 4.78 is 5.60. The van der Waals surface area contributed by atoms with Gasteiger partial charge >= 0.3 is 0 Å². The highest BCUT2D eigenvalue weighted by Gasteiger charge is 2.15. The van der Waals surface area contributed by atoms with Crippen molar-refractivity contribution in [3.8, 4) is 5.75 Å². The summed E-state index contributed by atoms with van der Waals surface area (Å²) in [6.45, 7) is 0.825. The fourth-order valence-electron chi connectivity index (χ4n) is 2.72. The molecule has 0 aromatic heterocycles. The number of allylic oxidation sites excluding steroid dienone is 1. The van der Waals surface area contributed by atoms with Gasteiger partial charge in [0.15, 0.2) is 5.78 Å². The molecule has 0 atom stereocenters. The van der Waals surface area contributed by atoms with E-state index < -0.39 is 0 Å². The van der Waals surface area contributed by atoms with E-state index in [1.54, 1.807) is 0 Å². The Kier molecular flexibility index (Phi) is 3.18. The standard InChI is InChI=1S/C16H18O2/c17-15-6-2-1-4-13(15)10-12-7-8-16-14(11-12)5-3-9-18-16/h7-8,10-11H,1-6,9H2. The number of hydrogen-bond donors (Lipinski definition) is 0. The highest BCUT2D eigenvalue weighted by Crippen LogP contribution is 2.28. The molecule has 1 heterocycles. The quantitative estimate of drug-likeness (QED) is 0.704. The summed E-state index contributed by atoms with van der Waals surface area (Å²) in [5, 5.41) is 0. The molecule has 0 N–H and O–H groups in total. The molecule has 0 unspecified atom stereocenters. The molecule has 0 spiro atoms. The van der Waals surface area contributed by atoms with Crippen molar-refractivity contribution in [2.24, 2.45) is 0 Å². The van der Waals surface area contributed by atoms with E-state index in [1.165, 1.54) is 5.56 Å². The van der Waals surface area contributed by atoms with Crippen molar-refractivity contribution < 1.29 is 9.53 Å². The van der Waals surface area contributed by atoms with E-state index >= 15 is 0 Å². The van der Waals surface area contributed by atoms with Crippen molar-refractivity contribution in [2.75, 3.05) is 6.61 Å². The third-order valence-electron chi connectivity index (χ3n) is 3.73. The van der Waals surface area contributed by atoms with E-state index in [0.717, 1.165) is 62.0 Å². The molecule has 2 aliphatic rings. The lowest BCUT2D eigenvalue weighted by Crippen LogP contribution is -2.09. The average Bonchev–Trinajstić information content (AvgIpc) is 2.41. The van der Waals surface area contributed by atoms with Crippen LogP contribution < -0.4 is 4.74 Å². The molecule has 0 amide bonds. The summed E-state index contributed by atoms with van der Waals surface area (Å²) >= 11 is 0. The lowest BCUT2D eigenvalue weighted by atomic mass is 9.91. The monoisotopic (exact) mass is 242 g/mol. The second-order valence-electron chi connectivity index (χ2n) is 5.12. The molecule has 2 heteroatoms. The van der Waals surface area contributed by atoms with E-state index in [0.29, 0.717) is 5.78 Å². The van der Waals surface area contributed by atoms with Crippen LogP contribution in [0.1, 0.15) is 43.2 Å². The van der Waals surface area contributed by atoms with Crippen molar-refractivity contribution in [2.45, 2.75) is 38.5 Å². The predicted octanol–water partition coefficient (Wildman–Crippen LogP) is 3.54. The van der Waals surface area contributed by atoms with Crippen LogP contribution in [0.4, 0.5) is 0 Å². The molecule has 1 aliphatic heterocycles. The van der Waals surface area contributed by atoms with Crippen LogP contribution in [-0.4, -0.2) is 12.4 Å². The largest absolute Gasteiger partial charge is 0.493 e. The van der Waals surface area contributed by atoms with Crippen molar-refractivity contribution >= 4 is 11.9 Å². The van der Waals surface area contributed by atoms with Crippen LogP contribution in [0.5, 0.6) is 5.75 Å². The summed E-state index contributed by atoms with van der Waals surface area (Å²) in [7, 11) is 0. The van der Waals surface area contributed by atoms with Crippen molar-refractivity contribution in [3.63, 3.8) is 0 Å². The molecule has 2 nitrogen and oxygen atoms in total. The Hall–Kier alpha value is -1.57. The maximum Gasteiger partial charge on any atom is 0.158 e. The topological polar surface area (TPSA) is 26.3 Å². The average molecular weight is 242 g/mol. The van der Waals surface area contributed by atoms with E-state index in [2.05, 4.69) is 18.2 Å². The maximum absolute atomic E-state index is 11.8. The number of ether oxygens (including phenoxy) is 1. The minimum absolute atomic E-state index is 0.329. The first kappa shape index (κ1) is 11.5. The van der Waals surface area contributed by atoms with Gasteiger partial charge in [-0.3, -0.25) is 4.79 Å². The van der Waals surface area contributed by atoms with E-state index in [4.69, 9.17) is 4.74 Å². The summed E-state index contributed by atoms with van der Waals surface area (Å²) in [5.41, 5.74) is 3.42. The van der Waals surface area contributed by atoms with Gasteiger partial charge in [-0.15, -0.1) is 0 Å². The number of carbonyl (C=O) groups is 1. The SMILES string of the molecule is O=C1CCCCC1=Cc1ccc2c(c1)CCCO2. The van der Waals surface area contributed by atoms with Gasteiger partial charge in [0.1, 0.15) is 5.75 Å². The number of ketones is 1. The van der Waals surface area contributed by atoms with Crippen LogP contribution in [0, 0.1) is 0 Å². The lowest BCUT2D eigenvalue weighted by Gasteiger charge is -2.18. The Bertz CT molecular complexity index is 500. The number of hydrogen-bond acceptors (Lipinski definition) is 2. The predicted molar refractivity (Wildman–Crippen MR) is 71.7 cm³/mol. The molecular formula is C16H18O2. The third kappa shape index (κ3) is 2.33. The van der Waals surface area contributed by atoms with Crippen LogP contribution in [0.15, 0.2) is 23.8 Å². The Morgan fingerprint density at radius 3 is 2.83 bits per heavy atom. The fourth-order valence-corrected chi connectivity index (χ4v) is 2.72. The van der Waals surface area contributed by atoms with Gasteiger partial charge in [0.25, 0.3) is 0 Å². The first-order chi connectivity index (χ1) is 8.83. The van der Waals surface area contributed by atoms with Gasteiger partial charge in [0.2, 0.25) is 0 Å². The number of rotatable bonds is 1. The Morgan fingerprint density at radius 1 is 1.06 bits per heavy atom. The summed E-state index contributed by atoms with van der Waals surface area (Å²) in [6, 6.07) is 6.26. The van der Waals surface area contributed by atoms with E-state index in [-0.39, 0.29) is 0 Å². The molecule has 18 heavy (non-hydrogen) atoms. The molecule has 0 saturated heterocycles. The van der Waals surface area contributed by atoms with Crippen LogP contribution in [0.2, 0.25) is 0 Å². The first-order valence-corrected chi connectivity index (χ1v) is 6.82. The van der Waals surface area contributed by atoms with Crippen LogP contribution in [0.25, 0.3) is 6.08 Å². The van der Waals surface area contributed by atoms with Gasteiger partial charge in [-0.1, -0.05) is 6.07 Å². The second-order valence-corrected chi connectivity index (χ2v) is 5.12. The molecular weight excluding hydrogens is 224 g/mol. The summed E-state index contributed by atoms with van der Waals surface area (Å²) in [6.07, 6.45) is 8.09. The van der Waals surface area contributed by atoms with E-state index in [1.807, 2.05) is 6.07 Å².